The van der Waals surface area contributed by atoms with Gasteiger partial charge < -0.3 is 9.64 Å². The molecule has 3 rings (SSSR count). The first-order chi connectivity index (χ1) is 13.1. The Bertz CT molecular complexity index is 619. The molecule has 1 aromatic rings. The predicted octanol–water partition coefficient (Wildman–Crippen LogP) is 2.22. The Balaban J connectivity index is 1.64. The quantitative estimate of drug-likeness (QED) is 0.711. The minimum absolute atomic E-state index is 0.134. The Morgan fingerprint density at radius 1 is 1.19 bits per heavy atom. The van der Waals surface area contributed by atoms with Gasteiger partial charge in [-0.2, -0.15) is 0 Å². The van der Waals surface area contributed by atoms with Crippen LogP contribution in [0.1, 0.15) is 24.8 Å². The number of hydrogen-bond acceptors (Lipinski definition) is 5. The molecule has 5 nitrogen and oxygen atoms in total. The van der Waals surface area contributed by atoms with Gasteiger partial charge >= 0.3 is 5.97 Å². The van der Waals surface area contributed by atoms with E-state index in [0.29, 0.717) is 24.9 Å². The van der Waals surface area contributed by atoms with E-state index >= 15 is 0 Å². The minimum atomic E-state index is -0.140. The molecule has 0 spiro atoms. The number of rotatable bonds is 6. The zero-order valence-corrected chi connectivity index (χ0v) is 16.6. The third-order valence-corrected chi connectivity index (χ3v) is 6.08. The first-order valence-electron chi connectivity index (χ1n) is 10.0. The summed E-state index contributed by atoms with van der Waals surface area (Å²) in [6.45, 7) is 6.88. The summed E-state index contributed by atoms with van der Waals surface area (Å²) < 4.78 is 18.9. The summed E-state index contributed by atoms with van der Waals surface area (Å²) in [6, 6.07) is 7.52. The molecule has 0 amide bonds. The van der Waals surface area contributed by atoms with Crippen LogP contribution in [0.4, 0.5) is 4.39 Å². The molecule has 1 aromatic carbocycles. The number of methoxy groups -OCH3 is 1. The van der Waals surface area contributed by atoms with Crippen LogP contribution < -0.4 is 0 Å². The fourth-order valence-electron chi connectivity index (χ4n) is 4.43. The molecule has 2 aliphatic rings. The van der Waals surface area contributed by atoms with Crippen LogP contribution in [0.2, 0.25) is 0 Å². The molecular formula is C21H32FN3O2. The van der Waals surface area contributed by atoms with Gasteiger partial charge in [-0.1, -0.05) is 18.2 Å². The Morgan fingerprint density at radius 2 is 1.93 bits per heavy atom. The number of nitrogens with zero attached hydrogens (tertiary/aromatic N) is 3. The highest BCUT2D eigenvalue weighted by Crippen LogP contribution is 2.28. The number of benzene rings is 1. The van der Waals surface area contributed by atoms with Crippen LogP contribution in [0.3, 0.4) is 0 Å². The van der Waals surface area contributed by atoms with Crippen LogP contribution in [-0.2, 0) is 16.1 Å². The maximum Gasteiger partial charge on any atom is 0.305 e. The molecule has 2 aliphatic heterocycles. The van der Waals surface area contributed by atoms with E-state index in [1.54, 1.807) is 6.07 Å². The predicted molar refractivity (Wildman–Crippen MR) is 104 cm³/mol. The lowest BCUT2D eigenvalue weighted by Crippen LogP contribution is -2.56. The van der Waals surface area contributed by atoms with Gasteiger partial charge in [0.1, 0.15) is 5.82 Å². The van der Waals surface area contributed by atoms with Crippen molar-refractivity contribution in [2.45, 2.75) is 31.8 Å². The number of piperidine rings is 1. The summed E-state index contributed by atoms with van der Waals surface area (Å²) in [5.41, 5.74) is 0.752. The lowest BCUT2D eigenvalue weighted by molar-refractivity contribution is -0.141. The molecule has 2 atom stereocenters. The Kier molecular flexibility index (Phi) is 7.21. The summed E-state index contributed by atoms with van der Waals surface area (Å²) in [4.78, 5) is 19.0. The molecule has 0 bridgehead atoms. The molecule has 0 aliphatic carbocycles. The van der Waals surface area contributed by atoms with Crippen LogP contribution in [0.25, 0.3) is 0 Å². The second-order valence-corrected chi connectivity index (χ2v) is 7.90. The normalized spacial score (nSPS) is 25.4. The minimum Gasteiger partial charge on any atom is -0.469 e. The van der Waals surface area contributed by atoms with Crippen LogP contribution >= 0.6 is 0 Å². The van der Waals surface area contributed by atoms with E-state index in [0.717, 1.165) is 57.7 Å². The van der Waals surface area contributed by atoms with E-state index in [4.69, 9.17) is 4.74 Å². The van der Waals surface area contributed by atoms with E-state index < -0.39 is 0 Å². The summed E-state index contributed by atoms with van der Waals surface area (Å²) >= 11 is 0. The number of halogens is 1. The highest BCUT2D eigenvalue weighted by molar-refractivity contribution is 5.69. The molecule has 150 valence electrons. The van der Waals surface area contributed by atoms with Crippen molar-refractivity contribution >= 4 is 5.97 Å². The van der Waals surface area contributed by atoms with Gasteiger partial charge in [0.15, 0.2) is 0 Å². The van der Waals surface area contributed by atoms with Crippen molar-refractivity contribution in [3.63, 3.8) is 0 Å². The third kappa shape index (κ3) is 5.50. The van der Waals surface area contributed by atoms with E-state index in [9.17, 15) is 9.18 Å². The molecule has 2 saturated heterocycles. The van der Waals surface area contributed by atoms with Gasteiger partial charge in [-0.3, -0.25) is 14.6 Å². The summed E-state index contributed by atoms with van der Waals surface area (Å²) in [7, 11) is 3.62. The molecule has 6 heteroatoms. The second kappa shape index (κ2) is 9.62. The standard InChI is InChI=1S/C21H32FN3O2/c1-23-11-13-25(14-12-23)20-9-10-24(15-17-5-3-4-6-19(17)22)16-18(20)7-8-21(26)27-2/h3-6,18,20H,7-16H2,1-2H3/t18-,20+/m0/s1. The average molecular weight is 378 g/mol. The van der Waals surface area contributed by atoms with Crippen molar-refractivity contribution in [3.8, 4) is 0 Å². The van der Waals surface area contributed by atoms with Crippen molar-refractivity contribution in [3.05, 3.63) is 35.6 Å². The lowest BCUT2D eigenvalue weighted by atomic mass is 9.86. The second-order valence-electron chi connectivity index (χ2n) is 7.90. The number of piperazine rings is 1. The maximum atomic E-state index is 14.0. The largest absolute Gasteiger partial charge is 0.469 e. The van der Waals surface area contributed by atoms with Gasteiger partial charge in [-0.25, -0.2) is 4.39 Å². The van der Waals surface area contributed by atoms with Gasteiger partial charge in [0.25, 0.3) is 0 Å². The number of carbonyl (C=O) groups is 1. The molecule has 0 radical (unpaired) electrons. The van der Waals surface area contributed by atoms with Crippen molar-refractivity contribution in [1.29, 1.82) is 0 Å². The van der Waals surface area contributed by atoms with Crippen molar-refractivity contribution in [2.75, 3.05) is 53.4 Å². The van der Waals surface area contributed by atoms with Crippen molar-refractivity contribution in [2.24, 2.45) is 5.92 Å². The Hall–Kier alpha value is -1.50. The van der Waals surface area contributed by atoms with E-state index in [1.807, 2.05) is 12.1 Å². The van der Waals surface area contributed by atoms with Gasteiger partial charge in [0.2, 0.25) is 0 Å². The zero-order valence-electron chi connectivity index (χ0n) is 16.6. The molecule has 27 heavy (non-hydrogen) atoms. The fourth-order valence-corrected chi connectivity index (χ4v) is 4.43. The first-order valence-corrected chi connectivity index (χ1v) is 10.0. The highest BCUT2D eigenvalue weighted by atomic mass is 19.1. The number of hydrogen-bond donors (Lipinski definition) is 0. The molecule has 0 N–H and O–H groups in total. The van der Waals surface area contributed by atoms with Crippen LogP contribution in [-0.4, -0.2) is 80.1 Å². The SMILES string of the molecule is COC(=O)CC[C@H]1CN(Cc2ccccc2F)CC[C@H]1N1CCN(C)CC1. The van der Waals surface area contributed by atoms with Crippen LogP contribution in [0.15, 0.2) is 24.3 Å². The Labute approximate surface area is 162 Å². The molecular weight excluding hydrogens is 345 g/mol. The molecule has 0 aromatic heterocycles. The van der Waals surface area contributed by atoms with Crippen LogP contribution in [0, 0.1) is 11.7 Å². The number of carbonyl (C=O) groups excluding carboxylic acids is 1. The van der Waals surface area contributed by atoms with Crippen molar-refractivity contribution in [1.82, 2.24) is 14.7 Å². The number of ether oxygens (including phenoxy) is 1. The highest BCUT2D eigenvalue weighted by Gasteiger charge is 2.34. The molecule has 0 saturated carbocycles. The molecule has 2 heterocycles. The summed E-state index contributed by atoms with van der Waals surface area (Å²) in [5.74, 6) is 0.135. The van der Waals surface area contributed by atoms with Crippen LogP contribution in [0.5, 0.6) is 0 Å². The lowest BCUT2D eigenvalue weighted by Gasteiger charge is -2.46. The topological polar surface area (TPSA) is 36.0 Å². The van der Waals surface area contributed by atoms with Crippen molar-refractivity contribution < 1.29 is 13.9 Å². The Morgan fingerprint density at radius 3 is 2.63 bits per heavy atom. The number of likely N-dealkylation sites (N-methyl/N-ethyl adjacent to an activating group) is 1. The zero-order chi connectivity index (χ0) is 19.2. The monoisotopic (exact) mass is 377 g/mol. The van der Waals surface area contributed by atoms with Gasteiger partial charge in [-0.15, -0.1) is 0 Å². The van der Waals surface area contributed by atoms with E-state index in [2.05, 4.69) is 21.7 Å². The van der Waals surface area contributed by atoms with E-state index in [-0.39, 0.29) is 11.8 Å². The summed E-state index contributed by atoms with van der Waals surface area (Å²) in [6.07, 6.45) is 2.36. The fraction of sp³-hybridized carbons (Fsp3) is 0.667. The maximum absolute atomic E-state index is 14.0. The average Bonchev–Trinajstić information content (AvgIpc) is 2.69. The van der Waals surface area contributed by atoms with Gasteiger partial charge in [0, 0.05) is 57.3 Å². The third-order valence-electron chi connectivity index (χ3n) is 6.08. The van der Waals surface area contributed by atoms with E-state index in [1.165, 1.54) is 13.2 Å². The molecule has 2 fully saturated rings. The molecule has 0 unspecified atom stereocenters. The number of esters is 1. The van der Waals surface area contributed by atoms with Gasteiger partial charge in [0.05, 0.1) is 7.11 Å². The smallest absolute Gasteiger partial charge is 0.305 e. The first kappa shape index (κ1) is 20.2. The number of likely N-dealkylation sites (tertiary alicyclic amines) is 1. The summed E-state index contributed by atoms with van der Waals surface area (Å²) in [5, 5.41) is 0. The van der Waals surface area contributed by atoms with Gasteiger partial charge in [-0.05, 0) is 38.4 Å².